The lowest BCUT2D eigenvalue weighted by atomic mass is 10.1. The van der Waals surface area contributed by atoms with Crippen LogP contribution in [0.1, 0.15) is 34.4 Å². The molecule has 0 aliphatic carbocycles. The molecular formula is C10H12F3NO2S. The number of ether oxygens (including phenoxy) is 1. The maximum Gasteiger partial charge on any atom is 0.443 e. The Morgan fingerprint density at radius 1 is 1.59 bits per heavy atom. The van der Waals surface area contributed by atoms with Crippen molar-refractivity contribution in [2.24, 2.45) is 0 Å². The molecule has 1 aromatic heterocycles. The van der Waals surface area contributed by atoms with Crippen LogP contribution in [0.5, 0.6) is 0 Å². The molecule has 3 nitrogen and oxygen atoms in total. The second kappa shape index (κ2) is 5.59. The first kappa shape index (κ1) is 14.1. The van der Waals surface area contributed by atoms with E-state index in [2.05, 4.69) is 4.98 Å². The SMILES string of the molecule is CCCC(OC)C(=O)c1cnc(C(F)(F)F)s1. The van der Waals surface area contributed by atoms with Crippen molar-refractivity contribution >= 4 is 17.1 Å². The van der Waals surface area contributed by atoms with Gasteiger partial charge in [-0.3, -0.25) is 4.79 Å². The molecule has 0 amide bonds. The van der Waals surface area contributed by atoms with E-state index < -0.39 is 23.1 Å². The number of carbonyl (C=O) groups is 1. The Balaban J connectivity index is 2.86. The molecule has 7 heteroatoms. The third-order valence-electron chi connectivity index (χ3n) is 2.12. The number of aromatic nitrogens is 1. The summed E-state index contributed by atoms with van der Waals surface area (Å²) >= 11 is 0.352. The average molecular weight is 267 g/mol. The van der Waals surface area contributed by atoms with Crippen LogP contribution < -0.4 is 0 Å². The largest absolute Gasteiger partial charge is 0.443 e. The maximum absolute atomic E-state index is 12.3. The molecule has 1 aromatic rings. The Morgan fingerprint density at radius 3 is 2.65 bits per heavy atom. The summed E-state index contributed by atoms with van der Waals surface area (Å²) in [5.41, 5.74) is 0. The summed E-state index contributed by atoms with van der Waals surface area (Å²) in [5.74, 6) is -0.442. The quantitative estimate of drug-likeness (QED) is 0.769. The molecule has 0 N–H and O–H groups in total. The lowest BCUT2D eigenvalue weighted by Crippen LogP contribution is -2.21. The minimum absolute atomic E-state index is 0.0161. The van der Waals surface area contributed by atoms with Crippen LogP contribution in [0.4, 0.5) is 13.2 Å². The summed E-state index contributed by atoms with van der Waals surface area (Å²) < 4.78 is 41.9. The van der Waals surface area contributed by atoms with Gasteiger partial charge in [-0.2, -0.15) is 13.2 Å². The minimum atomic E-state index is -4.50. The molecule has 0 fully saturated rings. The van der Waals surface area contributed by atoms with Gasteiger partial charge in [-0.1, -0.05) is 13.3 Å². The number of rotatable bonds is 5. The third kappa shape index (κ3) is 3.50. The summed E-state index contributed by atoms with van der Waals surface area (Å²) in [6, 6.07) is 0. The van der Waals surface area contributed by atoms with E-state index in [0.717, 1.165) is 12.6 Å². The van der Waals surface area contributed by atoms with Gasteiger partial charge in [0.1, 0.15) is 6.10 Å². The van der Waals surface area contributed by atoms with Gasteiger partial charge in [-0.15, -0.1) is 11.3 Å². The first-order chi connectivity index (χ1) is 7.90. The van der Waals surface area contributed by atoms with Gasteiger partial charge in [0.15, 0.2) is 5.01 Å². The molecule has 0 saturated carbocycles. The van der Waals surface area contributed by atoms with Crippen molar-refractivity contribution in [1.29, 1.82) is 0 Å². The van der Waals surface area contributed by atoms with Crippen molar-refractivity contribution in [2.45, 2.75) is 32.0 Å². The molecule has 1 heterocycles. The molecule has 0 saturated heterocycles. The summed E-state index contributed by atoms with van der Waals surface area (Å²) in [7, 11) is 1.37. The zero-order valence-corrected chi connectivity index (χ0v) is 10.2. The molecule has 0 spiro atoms. The molecule has 17 heavy (non-hydrogen) atoms. The van der Waals surface area contributed by atoms with E-state index in [4.69, 9.17) is 4.74 Å². The molecule has 96 valence electrons. The molecule has 0 radical (unpaired) electrons. The number of nitrogens with zero attached hydrogens (tertiary/aromatic N) is 1. The molecule has 1 unspecified atom stereocenters. The fraction of sp³-hybridized carbons (Fsp3) is 0.600. The highest BCUT2D eigenvalue weighted by Gasteiger charge is 2.35. The zero-order valence-electron chi connectivity index (χ0n) is 9.37. The smallest absolute Gasteiger partial charge is 0.373 e. The molecule has 0 aliphatic rings. The van der Waals surface area contributed by atoms with E-state index in [9.17, 15) is 18.0 Å². The minimum Gasteiger partial charge on any atom is -0.373 e. The van der Waals surface area contributed by atoms with E-state index in [1.54, 1.807) is 0 Å². The lowest BCUT2D eigenvalue weighted by molar-refractivity contribution is -0.137. The van der Waals surface area contributed by atoms with Crippen LogP contribution in [0.15, 0.2) is 6.20 Å². The number of Topliss-reactive ketones (excluding diaryl/α,β-unsaturated/α-hetero) is 1. The van der Waals surface area contributed by atoms with Crippen molar-refractivity contribution < 1.29 is 22.7 Å². The highest BCUT2D eigenvalue weighted by Crippen LogP contribution is 2.33. The van der Waals surface area contributed by atoms with Gasteiger partial charge in [0, 0.05) is 13.3 Å². The van der Waals surface area contributed by atoms with Gasteiger partial charge in [0.25, 0.3) is 0 Å². The van der Waals surface area contributed by atoms with Gasteiger partial charge in [-0.25, -0.2) is 4.98 Å². The Kier molecular flexibility index (Phi) is 4.64. The number of hydrogen-bond acceptors (Lipinski definition) is 4. The number of hydrogen-bond donors (Lipinski definition) is 0. The second-order valence-electron chi connectivity index (χ2n) is 3.40. The lowest BCUT2D eigenvalue weighted by Gasteiger charge is -2.11. The van der Waals surface area contributed by atoms with Crippen LogP contribution >= 0.6 is 11.3 Å². The van der Waals surface area contributed by atoms with Crippen molar-refractivity contribution in [3.8, 4) is 0 Å². The average Bonchev–Trinajstić information content (AvgIpc) is 2.73. The summed E-state index contributed by atoms with van der Waals surface area (Å²) in [4.78, 5) is 15.0. The standard InChI is InChI=1S/C10H12F3NO2S/c1-3-4-6(16-2)8(15)7-5-14-9(17-7)10(11,12)13/h5-6H,3-4H2,1-2H3. The van der Waals surface area contributed by atoms with E-state index >= 15 is 0 Å². The Morgan fingerprint density at radius 2 is 2.24 bits per heavy atom. The van der Waals surface area contributed by atoms with Crippen LogP contribution in [0.25, 0.3) is 0 Å². The molecular weight excluding hydrogens is 255 g/mol. The van der Waals surface area contributed by atoms with Crippen molar-refractivity contribution in [3.05, 3.63) is 16.1 Å². The number of carbonyl (C=O) groups excluding carboxylic acids is 1. The van der Waals surface area contributed by atoms with Crippen molar-refractivity contribution in [1.82, 2.24) is 4.98 Å². The normalized spacial score (nSPS) is 13.7. The second-order valence-corrected chi connectivity index (χ2v) is 4.44. The Bertz CT molecular complexity index is 389. The topological polar surface area (TPSA) is 39.2 Å². The van der Waals surface area contributed by atoms with Crippen LogP contribution in [0, 0.1) is 0 Å². The predicted molar refractivity (Wildman–Crippen MR) is 57.2 cm³/mol. The highest BCUT2D eigenvalue weighted by atomic mass is 32.1. The van der Waals surface area contributed by atoms with Crippen LogP contribution in [0.3, 0.4) is 0 Å². The fourth-order valence-electron chi connectivity index (χ4n) is 1.30. The van der Waals surface area contributed by atoms with E-state index in [0.29, 0.717) is 17.8 Å². The molecule has 0 aliphatic heterocycles. The maximum atomic E-state index is 12.3. The monoisotopic (exact) mass is 267 g/mol. The summed E-state index contributed by atoms with van der Waals surface area (Å²) in [6.07, 6.45) is -3.04. The van der Waals surface area contributed by atoms with Crippen LogP contribution in [-0.2, 0) is 10.9 Å². The molecule has 1 rings (SSSR count). The Hall–Kier alpha value is -0.950. The number of halogens is 3. The van der Waals surface area contributed by atoms with E-state index in [-0.39, 0.29) is 4.88 Å². The summed E-state index contributed by atoms with van der Waals surface area (Å²) in [6.45, 7) is 1.87. The van der Waals surface area contributed by atoms with Gasteiger partial charge in [0.2, 0.25) is 5.78 Å². The molecule has 1 atom stereocenters. The van der Waals surface area contributed by atoms with Crippen molar-refractivity contribution in [3.63, 3.8) is 0 Å². The first-order valence-electron chi connectivity index (χ1n) is 5.00. The Labute approximate surface area is 101 Å². The number of alkyl halides is 3. The van der Waals surface area contributed by atoms with Crippen molar-refractivity contribution in [2.75, 3.05) is 7.11 Å². The van der Waals surface area contributed by atoms with E-state index in [1.165, 1.54) is 7.11 Å². The highest BCUT2D eigenvalue weighted by molar-refractivity contribution is 7.13. The number of ketones is 1. The number of thiazole rings is 1. The van der Waals surface area contributed by atoms with Gasteiger partial charge in [-0.05, 0) is 6.42 Å². The third-order valence-corrected chi connectivity index (χ3v) is 3.18. The van der Waals surface area contributed by atoms with Gasteiger partial charge >= 0.3 is 6.18 Å². The fourth-order valence-corrected chi connectivity index (χ4v) is 2.06. The van der Waals surface area contributed by atoms with Crippen LogP contribution in [0.2, 0.25) is 0 Å². The molecule has 0 aromatic carbocycles. The van der Waals surface area contributed by atoms with Gasteiger partial charge in [0.05, 0.1) is 4.88 Å². The van der Waals surface area contributed by atoms with Crippen LogP contribution in [-0.4, -0.2) is 24.0 Å². The zero-order chi connectivity index (χ0) is 13.1. The van der Waals surface area contributed by atoms with Gasteiger partial charge < -0.3 is 4.74 Å². The summed E-state index contributed by atoms with van der Waals surface area (Å²) in [5, 5.41) is -1.01. The molecule has 0 bridgehead atoms. The van der Waals surface area contributed by atoms with E-state index in [1.807, 2.05) is 6.92 Å². The predicted octanol–water partition coefficient (Wildman–Crippen LogP) is 3.16. The first-order valence-corrected chi connectivity index (χ1v) is 5.81. The number of methoxy groups -OCH3 is 1.